The first-order valence-electron chi connectivity index (χ1n) is 9.29. The summed E-state index contributed by atoms with van der Waals surface area (Å²) < 4.78 is 0. The number of fused-ring (bicyclic) bond motifs is 2. The lowest BCUT2D eigenvalue weighted by molar-refractivity contribution is -0.142. The molecule has 1 aromatic heterocycles. The largest absolute Gasteiger partial charge is 0.335 e. The van der Waals surface area contributed by atoms with Gasteiger partial charge in [0.25, 0.3) is 0 Å². The standard InChI is InChI=1S/C18H28N4O/c19-17-12-4-3-5-13(17)9-14(8-12)18(23)22-7-2-1-6-16(22)15-10-20-21-11-15/h10-14,16-17H,1-9,19H2,(H,20,21). The summed E-state index contributed by atoms with van der Waals surface area (Å²) in [5, 5.41) is 6.98. The molecule has 2 bridgehead atoms. The maximum atomic E-state index is 13.3. The van der Waals surface area contributed by atoms with Crippen LogP contribution in [0.15, 0.2) is 12.4 Å². The van der Waals surface area contributed by atoms with Crippen molar-refractivity contribution in [2.45, 2.75) is 63.5 Å². The first kappa shape index (κ1) is 15.2. The van der Waals surface area contributed by atoms with Gasteiger partial charge in [0.15, 0.2) is 0 Å². The SMILES string of the molecule is NC1C2CCCC1CC(C(=O)N1CCCCC1c1cn[nH]c1)C2. The van der Waals surface area contributed by atoms with E-state index in [0.29, 0.717) is 23.8 Å². The van der Waals surface area contributed by atoms with Crippen molar-refractivity contribution in [3.05, 3.63) is 18.0 Å². The maximum Gasteiger partial charge on any atom is 0.226 e. The predicted molar refractivity (Wildman–Crippen MR) is 88.4 cm³/mol. The Labute approximate surface area is 138 Å². The summed E-state index contributed by atoms with van der Waals surface area (Å²) in [7, 11) is 0. The molecule has 4 rings (SSSR count). The molecule has 3 aliphatic rings. The van der Waals surface area contributed by atoms with E-state index >= 15 is 0 Å². The molecule has 3 N–H and O–H groups in total. The molecule has 3 unspecified atom stereocenters. The van der Waals surface area contributed by atoms with Gasteiger partial charge in [-0.15, -0.1) is 0 Å². The molecule has 2 heterocycles. The molecule has 2 aliphatic carbocycles. The lowest BCUT2D eigenvalue weighted by Gasteiger charge is -2.46. The minimum atomic E-state index is 0.192. The fourth-order valence-corrected chi connectivity index (χ4v) is 5.21. The highest BCUT2D eigenvalue weighted by Crippen LogP contribution is 2.43. The van der Waals surface area contributed by atoms with E-state index in [1.807, 2.05) is 12.4 Å². The molecule has 5 nitrogen and oxygen atoms in total. The number of nitrogens with two attached hydrogens (primary N) is 1. The summed E-state index contributed by atoms with van der Waals surface area (Å²) in [6.45, 7) is 0.895. The van der Waals surface area contributed by atoms with Crippen LogP contribution in [0.25, 0.3) is 0 Å². The van der Waals surface area contributed by atoms with Crippen LogP contribution in [0.3, 0.4) is 0 Å². The zero-order chi connectivity index (χ0) is 15.8. The molecular formula is C18H28N4O. The van der Waals surface area contributed by atoms with Crippen molar-refractivity contribution in [1.29, 1.82) is 0 Å². The molecule has 5 heteroatoms. The number of hydrogen-bond donors (Lipinski definition) is 2. The summed E-state index contributed by atoms with van der Waals surface area (Å²) >= 11 is 0. The van der Waals surface area contributed by atoms with Gasteiger partial charge in [-0.2, -0.15) is 5.10 Å². The van der Waals surface area contributed by atoms with E-state index in [-0.39, 0.29) is 12.0 Å². The number of likely N-dealkylation sites (tertiary alicyclic amines) is 1. The van der Waals surface area contributed by atoms with E-state index in [4.69, 9.17) is 5.73 Å². The van der Waals surface area contributed by atoms with Crippen LogP contribution in [0.1, 0.15) is 63.0 Å². The Kier molecular flexibility index (Phi) is 4.14. The van der Waals surface area contributed by atoms with Gasteiger partial charge in [0.2, 0.25) is 5.91 Å². The van der Waals surface area contributed by atoms with Crippen LogP contribution in [0, 0.1) is 17.8 Å². The number of nitrogens with one attached hydrogen (secondary N) is 1. The molecule has 1 aliphatic heterocycles. The Morgan fingerprint density at radius 3 is 2.65 bits per heavy atom. The Hall–Kier alpha value is -1.36. The highest BCUT2D eigenvalue weighted by atomic mass is 16.2. The van der Waals surface area contributed by atoms with Gasteiger partial charge in [0.05, 0.1) is 12.2 Å². The van der Waals surface area contributed by atoms with Crippen molar-refractivity contribution in [2.75, 3.05) is 6.54 Å². The highest BCUT2D eigenvalue weighted by Gasteiger charge is 2.43. The topological polar surface area (TPSA) is 75.0 Å². The number of rotatable bonds is 2. The van der Waals surface area contributed by atoms with Crippen LogP contribution < -0.4 is 5.73 Å². The summed E-state index contributed by atoms with van der Waals surface area (Å²) in [4.78, 5) is 15.4. The van der Waals surface area contributed by atoms with Crippen LogP contribution >= 0.6 is 0 Å². The van der Waals surface area contributed by atoms with Crippen LogP contribution in [0.5, 0.6) is 0 Å². The molecule has 0 radical (unpaired) electrons. The van der Waals surface area contributed by atoms with E-state index in [9.17, 15) is 4.79 Å². The van der Waals surface area contributed by atoms with E-state index in [1.165, 1.54) is 25.7 Å². The molecule has 126 valence electrons. The van der Waals surface area contributed by atoms with E-state index in [0.717, 1.165) is 37.8 Å². The Balaban J connectivity index is 1.51. The lowest BCUT2D eigenvalue weighted by Crippen LogP contribution is -2.50. The number of carbonyl (C=O) groups excluding carboxylic acids is 1. The van der Waals surface area contributed by atoms with Gasteiger partial charge in [-0.05, 0) is 56.8 Å². The third-order valence-corrected chi connectivity index (χ3v) is 6.45. The van der Waals surface area contributed by atoms with Gasteiger partial charge in [-0.1, -0.05) is 6.42 Å². The maximum absolute atomic E-state index is 13.3. The number of amides is 1. The quantitative estimate of drug-likeness (QED) is 0.880. The van der Waals surface area contributed by atoms with Crippen LogP contribution in [0.4, 0.5) is 0 Å². The van der Waals surface area contributed by atoms with Crippen molar-refractivity contribution in [3.8, 4) is 0 Å². The number of aromatic nitrogens is 2. The average molecular weight is 316 g/mol. The number of nitrogens with zero attached hydrogens (tertiary/aromatic N) is 2. The molecule has 3 fully saturated rings. The van der Waals surface area contributed by atoms with Gasteiger partial charge >= 0.3 is 0 Å². The van der Waals surface area contributed by atoms with E-state index < -0.39 is 0 Å². The van der Waals surface area contributed by atoms with Crippen LogP contribution in [-0.2, 0) is 4.79 Å². The Morgan fingerprint density at radius 1 is 1.17 bits per heavy atom. The van der Waals surface area contributed by atoms with Crippen LogP contribution in [0.2, 0.25) is 0 Å². The minimum Gasteiger partial charge on any atom is -0.335 e. The summed E-state index contributed by atoms with van der Waals surface area (Å²) in [5.74, 6) is 1.69. The molecule has 1 amide bonds. The first-order chi connectivity index (χ1) is 11.2. The molecule has 3 atom stereocenters. The number of H-pyrrole nitrogens is 1. The van der Waals surface area contributed by atoms with E-state index in [1.54, 1.807) is 0 Å². The van der Waals surface area contributed by atoms with Gasteiger partial charge in [-0.25, -0.2) is 0 Å². The molecular weight excluding hydrogens is 288 g/mol. The molecule has 0 aromatic carbocycles. The second kappa shape index (κ2) is 6.27. The second-order valence-electron chi connectivity index (χ2n) is 7.77. The minimum absolute atomic E-state index is 0.192. The molecule has 23 heavy (non-hydrogen) atoms. The molecule has 1 aromatic rings. The molecule has 1 saturated heterocycles. The number of piperidine rings is 1. The van der Waals surface area contributed by atoms with Gasteiger partial charge < -0.3 is 10.6 Å². The summed E-state index contributed by atoms with van der Waals surface area (Å²) in [6, 6.07) is 0.546. The number of hydrogen-bond acceptors (Lipinski definition) is 3. The van der Waals surface area contributed by atoms with Gasteiger partial charge in [0, 0.05) is 30.3 Å². The third-order valence-electron chi connectivity index (χ3n) is 6.45. The Bertz CT molecular complexity index is 529. The van der Waals surface area contributed by atoms with Gasteiger partial charge in [-0.3, -0.25) is 9.89 Å². The fraction of sp³-hybridized carbons (Fsp3) is 0.778. The van der Waals surface area contributed by atoms with Crippen molar-refractivity contribution in [3.63, 3.8) is 0 Å². The second-order valence-corrected chi connectivity index (χ2v) is 7.77. The van der Waals surface area contributed by atoms with Crippen molar-refractivity contribution in [2.24, 2.45) is 23.5 Å². The molecule has 2 saturated carbocycles. The Morgan fingerprint density at radius 2 is 1.96 bits per heavy atom. The normalized spacial score (nSPS) is 37.6. The van der Waals surface area contributed by atoms with Gasteiger partial charge in [0.1, 0.15) is 0 Å². The summed E-state index contributed by atoms with van der Waals surface area (Å²) in [5.41, 5.74) is 7.55. The monoisotopic (exact) mass is 316 g/mol. The van der Waals surface area contributed by atoms with Crippen molar-refractivity contribution < 1.29 is 4.79 Å². The predicted octanol–water partition coefficient (Wildman–Crippen LogP) is 2.62. The van der Waals surface area contributed by atoms with Crippen molar-refractivity contribution >= 4 is 5.91 Å². The summed E-state index contributed by atoms with van der Waals surface area (Å²) in [6.07, 6.45) is 12.9. The lowest BCUT2D eigenvalue weighted by atomic mass is 9.64. The average Bonchev–Trinajstić information content (AvgIpc) is 3.08. The number of aromatic amines is 1. The molecule has 0 spiro atoms. The zero-order valence-corrected chi connectivity index (χ0v) is 13.8. The zero-order valence-electron chi connectivity index (χ0n) is 13.8. The van der Waals surface area contributed by atoms with Crippen molar-refractivity contribution in [1.82, 2.24) is 15.1 Å². The fourth-order valence-electron chi connectivity index (χ4n) is 5.21. The number of carbonyl (C=O) groups is 1. The highest BCUT2D eigenvalue weighted by molar-refractivity contribution is 5.79. The van der Waals surface area contributed by atoms with Crippen LogP contribution in [-0.4, -0.2) is 33.6 Å². The third kappa shape index (κ3) is 2.80. The first-order valence-corrected chi connectivity index (χ1v) is 9.29. The van der Waals surface area contributed by atoms with E-state index in [2.05, 4.69) is 15.1 Å². The smallest absolute Gasteiger partial charge is 0.226 e.